The van der Waals surface area contributed by atoms with Crippen LogP contribution in [0.1, 0.15) is 11.1 Å². The Hall–Kier alpha value is -2.98. The summed E-state index contributed by atoms with van der Waals surface area (Å²) < 4.78 is 13.2. The number of carbonyl (C=O) groups is 1. The van der Waals surface area contributed by atoms with E-state index in [0.717, 1.165) is 31.3 Å². The quantitative estimate of drug-likeness (QED) is 0.932. The molecule has 3 rings (SSSR count). The first-order chi connectivity index (χ1) is 12.2. The second kappa shape index (κ2) is 7.73. The molecule has 1 fully saturated rings. The number of rotatable bonds is 3. The Labute approximate surface area is 145 Å². The van der Waals surface area contributed by atoms with Crippen LogP contribution in [0.15, 0.2) is 42.7 Å². The Bertz CT molecular complexity index is 782. The van der Waals surface area contributed by atoms with Crippen LogP contribution < -0.4 is 5.32 Å². The van der Waals surface area contributed by atoms with E-state index >= 15 is 0 Å². The largest absolute Gasteiger partial charge is 0.322 e. The van der Waals surface area contributed by atoms with Crippen LogP contribution in [-0.4, -0.2) is 47.0 Å². The van der Waals surface area contributed by atoms with Gasteiger partial charge in [0.2, 0.25) is 0 Å². The summed E-state index contributed by atoms with van der Waals surface area (Å²) in [5.41, 5.74) is 1.58. The molecule has 2 heterocycles. The van der Waals surface area contributed by atoms with Crippen LogP contribution in [0, 0.1) is 17.1 Å². The molecule has 1 N–H and O–H groups in total. The van der Waals surface area contributed by atoms with Crippen LogP contribution in [0.2, 0.25) is 0 Å². The molecule has 0 unspecified atom stereocenters. The Balaban J connectivity index is 1.54. The van der Waals surface area contributed by atoms with Gasteiger partial charge < -0.3 is 10.2 Å². The van der Waals surface area contributed by atoms with E-state index < -0.39 is 5.82 Å². The molecule has 2 amide bonds. The number of hydrogen-bond donors (Lipinski definition) is 1. The second-order valence-corrected chi connectivity index (χ2v) is 5.86. The van der Waals surface area contributed by atoms with Crippen LogP contribution in [0.5, 0.6) is 0 Å². The second-order valence-electron chi connectivity index (χ2n) is 5.86. The van der Waals surface area contributed by atoms with Crippen molar-refractivity contribution in [2.45, 2.75) is 6.54 Å². The van der Waals surface area contributed by atoms with Gasteiger partial charge in [-0.15, -0.1) is 0 Å². The van der Waals surface area contributed by atoms with Gasteiger partial charge in [-0.05, 0) is 29.8 Å². The molecular weight excluding hydrogens is 321 g/mol. The topological polar surface area (TPSA) is 72.3 Å². The lowest BCUT2D eigenvalue weighted by Gasteiger charge is -2.34. The summed E-state index contributed by atoms with van der Waals surface area (Å²) in [5, 5.41) is 11.7. The summed E-state index contributed by atoms with van der Waals surface area (Å²) in [6, 6.07) is 9.30. The zero-order chi connectivity index (χ0) is 17.6. The molecular formula is C18H18FN5O. The molecule has 2 aromatic rings. The third-order valence-electron chi connectivity index (χ3n) is 4.13. The van der Waals surface area contributed by atoms with Crippen molar-refractivity contribution in [2.24, 2.45) is 0 Å². The molecule has 0 spiro atoms. The number of urea groups is 1. The van der Waals surface area contributed by atoms with Gasteiger partial charge in [-0.1, -0.05) is 6.07 Å². The zero-order valence-electron chi connectivity index (χ0n) is 13.7. The summed E-state index contributed by atoms with van der Waals surface area (Å²) in [6.45, 7) is 3.51. The summed E-state index contributed by atoms with van der Waals surface area (Å²) in [6.07, 6.45) is 3.59. The lowest BCUT2D eigenvalue weighted by atomic mass is 10.2. The van der Waals surface area contributed by atoms with E-state index in [4.69, 9.17) is 5.26 Å². The smallest absolute Gasteiger partial charge is 0.321 e. The van der Waals surface area contributed by atoms with Gasteiger partial charge >= 0.3 is 6.03 Å². The Morgan fingerprint density at radius 2 is 2.08 bits per heavy atom. The molecule has 7 heteroatoms. The number of pyridine rings is 1. The van der Waals surface area contributed by atoms with Gasteiger partial charge in [0.05, 0.1) is 11.3 Å². The van der Waals surface area contributed by atoms with Crippen molar-refractivity contribution in [3.8, 4) is 6.07 Å². The van der Waals surface area contributed by atoms with Crippen molar-refractivity contribution in [3.05, 3.63) is 59.7 Å². The van der Waals surface area contributed by atoms with Crippen LogP contribution in [0.3, 0.4) is 0 Å². The van der Waals surface area contributed by atoms with Gasteiger partial charge in [0.15, 0.2) is 0 Å². The van der Waals surface area contributed by atoms with E-state index in [1.807, 2.05) is 24.4 Å². The van der Waals surface area contributed by atoms with Crippen LogP contribution in [0.4, 0.5) is 14.9 Å². The van der Waals surface area contributed by atoms with Crippen molar-refractivity contribution in [3.63, 3.8) is 0 Å². The van der Waals surface area contributed by atoms with E-state index in [0.29, 0.717) is 18.8 Å². The number of nitriles is 1. The van der Waals surface area contributed by atoms with Crippen molar-refractivity contribution in [1.82, 2.24) is 14.8 Å². The maximum atomic E-state index is 13.2. The molecule has 0 saturated carbocycles. The minimum atomic E-state index is -0.501. The molecule has 0 aliphatic carbocycles. The number of nitrogens with zero attached hydrogens (tertiary/aromatic N) is 4. The van der Waals surface area contributed by atoms with E-state index in [1.165, 1.54) is 12.1 Å². The number of carbonyl (C=O) groups excluding carboxylic acids is 1. The third-order valence-corrected chi connectivity index (χ3v) is 4.13. The van der Waals surface area contributed by atoms with Crippen LogP contribution in [-0.2, 0) is 6.54 Å². The van der Waals surface area contributed by atoms with Gasteiger partial charge in [0, 0.05) is 45.1 Å². The van der Waals surface area contributed by atoms with Crippen molar-refractivity contribution >= 4 is 11.7 Å². The average molecular weight is 339 g/mol. The molecule has 0 radical (unpaired) electrons. The molecule has 1 aliphatic rings. The van der Waals surface area contributed by atoms with Crippen molar-refractivity contribution in [2.75, 3.05) is 31.5 Å². The SMILES string of the molecule is N#Cc1cc(F)ccc1NC(=O)N1CCN(Cc2cccnc2)CC1. The van der Waals surface area contributed by atoms with Crippen LogP contribution in [0.25, 0.3) is 0 Å². The molecule has 1 aromatic carbocycles. The number of halogens is 1. The first-order valence-corrected chi connectivity index (χ1v) is 8.02. The number of amides is 2. The van der Waals surface area contributed by atoms with Gasteiger partial charge in [-0.2, -0.15) is 5.26 Å². The molecule has 0 bridgehead atoms. The highest BCUT2D eigenvalue weighted by atomic mass is 19.1. The number of aromatic nitrogens is 1. The average Bonchev–Trinajstić information content (AvgIpc) is 2.64. The van der Waals surface area contributed by atoms with E-state index in [9.17, 15) is 9.18 Å². The van der Waals surface area contributed by atoms with E-state index in [2.05, 4.69) is 15.2 Å². The number of hydrogen-bond acceptors (Lipinski definition) is 4. The van der Waals surface area contributed by atoms with Crippen molar-refractivity contribution in [1.29, 1.82) is 5.26 Å². The normalized spacial score (nSPS) is 14.8. The lowest BCUT2D eigenvalue weighted by molar-refractivity contribution is 0.143. The van der Waals surface area contributed by atoms with Gasteiger partial charge in [-0.3, -0.25) is 9.88 Å². The number of anilines is 1. The van der Waals surface area contributed by atoms with Gasteiger partial charge in [-0.25, -0.2) is 9.18 Å². The standard InChI is InChI=1S/C18H18FN5O/c19-16-3-4-17(15(10-16)11-20)22-18(25)24-8-6-23(7-9-24)13-14-2-1-5-21-12-14/h1-5,10,12H,6-9,13H2,(H,22,25). The first-order valence-electron chi connectivity index (χ1n) is 8.02. The molecule has 1 aromatic heterocycles. The summed E-state index contributed by atoms with van der Waals surface area (Å²) in [5.74, 6) is -0.501. The monoisotopic (exact) mass is 339 g/mol. The predicted octanol–water partition coefficient (Wildman–Crippen LogP) is 2.44. The fourth-order valence-corrected chi connectivity index (χ4v) is 2.77. The minimum Gasteiger partial charge on any atom is -0.322 e. The third kappa shape index (κ3) is 4.31. The Morgan fingerprint density at radius 1 is 1.28 bits per heavy atom. The van der Waals surface area contributed by atoms with Gasteiger partial charge in [0.1, 0.15) is 11.9 Å². The molecule has 1 saturated heterocycles. The Morgan fingerprint density at radius 3 is 2.76 bits per heavy atom. The summed E-state index contributed by atoms with van der Waals surface area (Å²) in [7, 11) is 0. The molecule has 0 atom stereocenters. The van der Waals surface area contributed by atoms with Crippen LogP contribution >= 0.6 is 0 Å². The fourth-order valence-electron chi connectivity index (χ4n) is 2.77. The maximum absolute atomic E-state index is 13.2. The molecule has 25 heavy (non-hydrogen) atoms. The summed E-state index contributed by atoms with van der Waals surface area (Å²) in [4.78, 5) is 20.4. The Kier molecular flexibility index (Phi) is 5.21. The zero-order valence-corrected chi connectivity index (χ0v) is 13.7. The predicted molar refractivity (Wildman–Crippen MR) is 91.2 cm³/mol. The van der Waals surface area contributed by atoms with E-state index in [1.54, 1.807) is 11.1 Å². The number of benzene rings is 1. The molecule has 6 nitrogen and oxygen atoms in total. The number of piperazine rings is 1. The van der Waals surface area contributed by atoms with Gasteiger partial charge in [0.25, 0.3) is 0 Å². The highest BCUT2D eigenvalue weighted by molar-refractivity contribution is 5.90. The van der Waals surface area contributed by atoms with Crippen molar-refractivity contribution < 1.29 is 9.18 Å². The lowest BCUT2D eigenvalue weighted by Crippen LogP contribution is -2.49. The molecule has 128 valence electrons. The first kappa shape index (κ1) is 16.9. The highest BCUT2D eigenvalue weighted by Gasteiger charge is 2.21. The maximum Gasteiger partial charge on any atom is 0.321 e. The number of nitrogens with one attached hydrogen (secondary N) is 1. The van der Waals surface area contributed by atoms with E-state index in [-0.39, 0.29) is 11.6 Å². The summed E-state index contributed by atoms with van der Waals surface area (Å²) >= 11 is 0. The minimum absolute atomic E-state index is 0.114. The highest BCUT2D eigenvalue weighted by Crippen LogP contribution is 2.17. The fraction of sp³-hybridized carbons (Fsp3) is 0.278. The molecule has 1 aliphatic heterocycles.